The summed E-state index contributed by atoms with van der Waals surface area (Å²) in [6.45, 7) is 2.04. The number of rotatable bonds is 8. The van der Waals surface area contributed by atoms with Crippen molar-refractivity contribution in [2.75, 3.05) is 20.5 Å². The lowest BCUT2D eigenvalue weighted by molar-refractivity contribution is 0.0438. The first-order chi connectivity index (χ1) is 15.2. The largest absolute Gasteiger partial charge is 0.467 e. The van der Waals surface area contributed by atoms with Gasteiger partial charge in [-0.3, -0.25) is 0 Å². The molecule has 0 bridgehead atoms. The van der Waals surface area contributed by atoms with Crippen molar-refractivity contribution in [3.8, 4) is 23.4 Å². The van der Waals surface area contributed by atoms with E-state index in [4.69, 9.17) is 19.9 Å². The topological polar surface area (TPSA) is 75.7 Å². The zero-order valence-electron chi connectivity index (χ0n) is 17.5. The van der Waals surface area contributed by atoms with Crippen molar-refractivity contribution >= 4 is 18.1 Å². The first-order valence-corrected chi connectivity index (χ1v) is 9.76. The zero-order valence-corrected chi connectivity index (χ0v) is 17.5. The lowest BCUT2D eigenvalue weighted by atomic mass is 10.1. The summed E-state index contributed by atoms with van der Waals surface area (Å²) in [6.07, 6.45) is 7.82. The molecule has 158 valence electrons. The van der Waals surface area contributed by atoms with Crippen LogP contribution in [0.1, 0.15) is 34.0 Å². The summed E-state index contributed by atoms with van der Waals surface area (Å²) in [6, 6.07) is 17.7. The number of nitrogens with two attached hydrogens (primary N) is 1. The Morgan fingerprint density at radius 1 is 1.13 bits per heavy atom. The second-order valence-corrected chi connectivity index (χ2v) is 6.50. The van der Waals surface area contributed by atoms with Gasteiger partial charge in [0.2, 0.25) is 0 Å². The van der Waals surface area contributed by atoms with E-state index in [9.17, 15) is 4.79 Å². The average Bonchev–Trinajstić information content (AvgIpc) is 3.20. The first-order valence-electron chi connectivity index (χ1n) is 9.76. The molecule has 0 unspecified atom stereocenters. The van der Waals surface area contributed by atoms with Gasteiger partial charge >= 0.3 is 5.97 Å². The fourth-order valence-corrected chi connectivity index (χ4v) is 2.98. The molecule has 31 heavy (non-hydrogen) atoms. The minimum Gasteiger partial charge on any atom is -0.467 e. The molecule has 3 rings (SSSR count). The Balaban J connectivity index is 1.98. The van der Waals surface area contributed by atoms with E-state index < -0.39 is 5.97 Å². The van der Waals surface area contributed by atoms with Gasteiger partial charge in [0.15, 0.2) is 6.79 Å². The molecule has 0 fully saturated rings. The van der Waals surface area contributed by atoms with Crippen LogP contribution < -0.4 is 10.5 Å². The van der Waals surface area contributed by atoms with Crippen LogP contribution >= 0.6 is 0 Å². The van der Waals surface area contributed by atoms with E-state index in [1.165, 1.54) is 7.11 Å². The maximum atomic E-state index is 12.2. The van der Waals surface area contributed by atoms with Crippen LogP contribution in [-0.2, 0) is 9.47 Å². The highest BCUT2D eigenvalue weighted by molar-refractivity contribution is 5.93. The summed E-state index contributed by atoms with van der Waals surface area (Å²) in [5.41, 5.74) is 9.36. The number of nitrogens with zero attached hydrogens (tertiary/aromatic N) is 1. The highest BCUT2D eigenvalue weighted by Gasteiger charge is 2.16. The molecule has 2 aromatic carbocycles. The quantitative estimate of drug-likeness (QED) is 0.259. The zero-order chi connectivity index (χ0) is 22.1. The molecule has 1 aromatic heterocycles. The highest BCUT2D eigenvalue weighted by atomic mass is 16.7. The molecule has 3 aromatic rings. The van der Waals surface area contributed by atoms with Gasteiger partial charge in [0.25, 0.3) is 0 Å². The van der Waals surface area contributed by atoms with Crippen molar-refractivity contribution in [3.63, 3.8) is 0 Å². The van der Waals surface area contributed by atoms with Crippen LogP contribution in [0.2, 0.25) is 0 Å². The van der Waals surface area contributed by atoms with E-state index in [-0.39, 0.29) is 13.4 Å². The van der Waals surface area contributed by atoms with Crippen LogP contribution in [0.5, 0.6) is 5.75 Å². The van der Waals surface area contributed by atoms with Crippen LogP contribution in [0, 0.1) is 12.0 Å². The predicted molar refractivity (Wildman–Crippen MR) is 121 cm³/mol. The van der Waals surface area contributed by atoms with Gasteiger partial charge in [0.1, 0.15) is 11.3 Å². The van der Waals surface area contributed by atoms with Crippen LogP contribution in [0.15, 0.2) is 60.9 Å². The Morgan fingerprint density at radius 2 is 1.94 bits per heavy atom. The number of ether oxygens (including phenoxy) is 3. The number of hydrogen-bond donors (Lipinski definition) is 1. The van der Waals surface area contributed by atoms with E-state index in [1.54, 1.807) is 19.1 Å². The fourth-order valence-electron chi connectivity index (χ4n) is 2.98. The Hall–Kier alpha value is -3.95. The van der Waals surface area contributed by atoms with Crippen LogP contribution in [0.4, 0.5) is 0 Å². The standard InChI is InChI=1S/C25H24N2O4/c1-3-30-25(28)23-12-11-22(15-24(23)31-18-29-2)27-16-20(21(17-27)13-14-26)10-9-19-7-5-4-6-8-19/h4-12,15-17H,3,18,26H2,1-2H3/b10-9+. The predicted octanol–water partition coefficient (Wildman–Crippen LogP) is 4.07. The van der Waals surface area contributed by atoms with Gasteiger partial charge in [-0.1, -0.05) is 42.5 Å². The van der Waals surface area contributed by atoms with Crippen molar-refractivity contribution < 1.29 is 19.0 Å². The lowest BCUT2D eigenvalue weighted by Crippen LogP contribution is -2.10. The molecular formula is C25H24N2O4. The third-order valence-electron chi connectivity index (χ3n) is 4.41. The van der Waals surface area contributed by atoms with Crippen molar-refractivity contribution in [1.82, 2.24) is 4.57 Å². The number of carbonyl (C=O) groups excluding carboxylic acids is 1. The summed E-state index contributed by atoms with van der Waals surface area (Å²) in [7, 11) is 1.52. The van der Waals surface area contributed by atoms with E-state index in [0.717, 1.165) is 22.4 Å². The summed E-state index contributed by atoms with van der Waals surface area (Å²) < 4.78 is 17.6. The van der Waals surface area contributed by atoms with E-state index in [0.29, 0.717) is 11.3 Å². The monoisotopic (exact) mass is 416 g/mol. The van der Waals surface area contributed by atoms with Gasteiger partial charge in [-0.05, 0) is 30.5 Å². The first kappa shape index (κ1) is 21.8. The Labute approximate surface area is 181 Å². The smallest absolute Gasteiger partial charge is 0.341 e. The average molecular weight is 416 g/mol. The number of benzene rings is 2. The Morgan fingerprint density at radius 3 is 2.65 bits per heavy atom. The van der Waals surface area contributed by atoms with E-state index in [1.807, 2.05) is 65.5 Å². The molecule has 6 heteroatoms. The van der Waals surface area contributed by atoms with Crippen LogP contribution in [-0.4, -0.2) is 31.0 Å². The number of methoxy groups -OCH3 is 1. The van der Waals surface area contributed by atoms with Gasteiger partial charge in [-0.15, -0.1) is 0 Å². The molecule has 0 spiro atoms. The minimum atomic E-state index is -0.450. The van der Waals surface area contributed by atoms with Gasteiger partial charge in [-0.2, -0.15) is 0 Å². The molecule has 0 amide bonds. The molecule has 0 atom stereocenters. The maximum Gasteiger partial charge on any atom is 0.341 e. The van der Waals surface area contributed by atoms with Gasteiger partial charge < -0.3 is 24.5 Å². The van der Waals surface area contributed by atoms with Gasteiger partial charge in [0, 0.05) is 42.9 Å². The number of hydrogen-bond acceptors (Lipinski definition) is 5. The number of aromatic nitrogens is 1. The van der Waals surface area contributed by atoms with Gasteiger partial charge in [0.05, 0.1) is 12.2 Å². The lowest BCUT2D eigenvalue weighted by Gasteiger charge is -2.12. The van der Waals surface area contributed by atoms with E-state index >= 15 is 0 Å². The molecule has 0 aliphatic rings. The molecule has 0 saturated heterocycles. The number of carbonyl (C=O) groups is 1. The summed E-state index contributed by atoms with van der Waals surface area (Å²) in [5.74, 6) is 2.85. The molecule has 6 nitrogen and oxygen atoms in total. The second kappa shape index (κ2) is 10.7. The molecular weight excluding hydrogens is 392 g/mol. The maximum absolute atomic E-state index is 12.2. The second-order valence-electron chi connectivity index (χ2n) is 6.50. The van der Waals surface area contributed by atoms with Gasteiger partial charge in [-0.25, -0.2) is 4.79 Å². The molecule has 0 aliphatic heterocycles. The third kappa shape index (κ3) is 5.56. The normalized spacial score (nSPS) is 10.5. The highest BCUT2D eigenvalue weighted by Crippen LogP contribution is 2.26. The molecule has 0 radical (unpaired) electrons. The molecule has 1 heterocycles. The van der Waals surface area contributed by atoms with Crippen LogP contribution in [0.3, 0.4) is 0 Å². The van der Waals surface area contributed by atoms with Crippen LogP contribution in [0.25, 0.3) is 17.8 Å². The molecule has 2 N–H and O–H groups in total. The summed E-state index contributed by atoms with van der Waals surface area (Å²) in [4.78, 5) is 12.2. The SMILES string of the molecule is CCOC(=O)c1ccc(-n2cc(C#CN)c(/C=C/c3ccccc3)c2)cc1OCOC. The number of esters is 1. The summed E-state index contributed by atoms with van der Waals surface area (Å²) >= 11 is 0. The molecule has 0 saturated carbocycles. The Bertz CT molecular complexity index is 1120. The van der Waals surface area contributed by atoms with Crippen molar-refractivity contribution in [2.24, 2.45) is 5.73 Å². The minimum absolute atomic E-state index is 0.0104. The van der Waals surface area contributed by atoms with Crippen molar-refractivity contribution in [2.45, 2.75) is 6.92 Å². The fraction of sp³-hybridized carbons (Fsp3) is 0.160. The van der Waals surface area contributed by atoms with E-state index in [2.05, 4.69) is 12.0 Å². The van der Waals surface area contributed by atoms with Crippen molar-refractivity contribution in [3.05, 3.63) is 83.2 Å². The summed E-state index contributed by atoms with van der Waals surface area (Å²) in [5, 5.41) is 0. The third-order valence-corrected chi connectivity index (χ3v) is 4.41. The molecule has 0 aliphatic carbocycles. The Kier molecular flexibility index (Phi) is 7.52. The van der Waals surface area contributed by atoms with Crippen molar-refractivity contribution in [1.29, 1.82) is 0 Å².